The molecule has 2 N–H and O–H groups in total. The highest BCUT2D eigenvalue weighted by molar-refractivity contribution is 7.80. The van der Waals surface area contributed by atoms with Crippen molar-refractivity contribution in [2.75, 3.05) is 10.6 Å². The van der Waals surface area contributed by atoms with E-state index in [1.54, 1.807) is 6.07 Å². The van der Waals surface area contributed by atoms with Gasteiger partial charge < -0.3 is 10.6 Å². The summed E-state index contributed by atoms with van der Waals surface area (Å²) in [5, 5.41) is 18.4. The van der Waals surface area contributed by atoms with E-state index < -0.39 is 0 Å². The van der Waals surface area contributed by atoms with Crippen LogP contribution in [0, 0.1) is 27.7 Å². The van der Waals surface area contributed by atoms with Crippen LogP contribution in [0.15, 0.2) is 42.5 Å². The standard InChI is InChI=1S/C25H25Cl3N6S/c1-14-23(16(3)33(31-14)12-18-6-5-7-20(26)10-18)29-25(35)30-24-15(2)32-34(17(24)4)13-19-8-9-21(27)11-22(19)28/h5-11H,12-13H2,1-4H3,(H2,29,30,35). The third kappa shape index (κ3) is 5.81. The number of nitrogens with zero attached hydrogens (tertiary/aromatic N) is 4. The van der Waals surface area contributed by atoms with Crippen molar-refractivity contribution >= 4 is 63.5 Å². The van der Waals surface area contributed by atoms with Crippen LogP contribution in [-0.4, -0.2) is 24.7 Å². The van der Waals surface area contributed by atoms with Gasteiger partial charge in [-0.25, -0.2) is 0 Å². The Kier molecular flexibility index (Phi) is 7.71. The number of rotatable bonds is 6. The first kappa shape index (κ1) is 25.5. The van der Waals surface area contributed by atoms with E-state index in [1.807, 2.05) is 73.5 Å². The molecular formula is C25H25Cl3N6S. The molecule has 0 saturated heterocycles. The van der Waals surface area contributed by atoms with Crippen molar-refractivity contribution in [1.82, 2.24) is 19.6 Å². The Morgan fingerprint density at radius 1 is 0.800 bits per heavy atom. The summed E-state index contributed by atoms with van der Waals surface area (Å²) < 4.78 is 3.84. The normalized spacial score (nSPS) is 11.1. The van der Waals surface area contributed by atoms with Crippen LogP contribution < -0.4 is 10.6 Å². The first-order valence-corrected chi connectivity index (χ1v) is 12.5. The van der Waals surface area contributed by atoms with E-state index in [0.717, 1.165) is 45.3 Å². The molecule has 35 heavy (non-hydrogen) atoms. The molecular weight excluding hydrogens is 523 g/mol. The Labute approximate surface area is 225 Å². The molecule has 0 amide bonds. The highest BCUT2D eigenvalue weighted by Crippen LogP contribution is 2.26. The van der Waals surface area contributed by atoms with Gasteiger partial charge in [-0.2, -0.15) is 10.2 Å². The monoisotopic (exact) mass is 546 g/mol. The molecule has 0 bridgehead atoms. The van der Waals surface area contributed by atoms with Gasteiger partial charge in [-0.15, -0.1) is 0 Å². The van der Waals surface area contributed by atoms with Crippen molar-refractivity contribution in [2.24, 2.45) is 0 Å². The van der Waals surface area contributed by atoms with Crippen LogP contribution >= 0.6 is 47.0 Å². The summed E-state index contributed by atoms with van der Waals surface area (Å²) in [6.07, 6.45) is 0. The molecule has 0 aliphatic rings. The quantitative estimate of drug-likeness (QED) is 0.250. The van der Waals surface area contributed by atoms with Gasteiger partial charge in [0.05, 0.1) is 47.2 Å². The molecule has 4 aromatic rings. The van der Waals surface area contributed by atoms with Crippen LogP contribution in [0.4, 0.5) is 11.4 Å². The third-order valence-electron chi connectivity index (χ3n) is 5.80. The Bertz CT molecular complexity index is 1410. The molecule has 0 fully saturated rings. The number of aromatic nitrogens is 4. The van der Waals surface area contributed by atoms with Gasteiger partial charge in [0.2, 0.25) is 0 Å². The van der Waals surface area contributed by atoms with Crippen LogP contribution in [0.25, 0.3) is 0 Å². The predicted molar refractivity (Wildman–Crippen MR) is 149 cm³/mol. The molecule has 2 aromatic carbocycles. The maximum Gasteiger partial charge on any atom is 0.175 e. The zero-order chi connectivity index (χ0) is 25.3. The lowest BCUT2D eigenvalue weighted by atomic mass is 10.2. The maximum atomic E-state index is 6.36. The SMILES string of the molecule is Cc1nn(Cc2cccc(Cl)c2)c(C)c1NC(=S)Nc1c(C)nn(Cc2ccc(Cl)cc2Cl)c1C. The lowest BCUT2D eigenvalue weighted by Gasteiger charge is -2.12. The minimum Gasteiger partial charge on any atom is -0.329 e. The van der Waals surface area contributed by atoms with Crippen molar-refractivity contribution in [3.8, 4) is 0 Å². The van der Waals surface area contributed by atoms with Crippen LogP contribution in [0.5, 0.6) is 0 Å². The number of hydrogen-bond donors (Lipinski definition) is 2. The highest BCUT2D eigenvalue weighted by atomic mass is 35.5. The van der Waals surface area contributed by atoms with E-state index in [2.05, 4.69) is 20.8 Å². The zero-order valence-electron chi connectivity index (χ0n) is 19.8. The number of hydrogen-bond acceptors (Lipinski definition) is 3. The molecule has 4 rings (SSSR count). The van der Waals surface area contributed by atoms with Gasteiger partial charge in [-0.05, 0) is 75.3 Å². The molecule has 2 aromatic heterocycles. The van der Waals surface area contributed by atoms with Crippen molar-refractivity contribution in [3.63, 3.8) is 0 Å². The van der Waals surface area contributed by atoms with Crippen LogP contribution in [-0.2, 0) is 13.1 Å². The van der Waals surface area contributed by atoms with Gasteiger partial charge in [0.25, 0.3) is 0 Å². The molecule has 0 aliphatic carbocycles. The average Bonchev–Trinajstić information content (AvgIpc) is 3.20. The summed E-state index contributed by atoms with van der Waals surface area (Å²) in [6.45, 7) is 9.05. The molecule has 0 aliphatic heterocycles. The third-order valence-corrected chi connectivity index (χ3v) is 6.82. The van der Waals surface area contributed by atoms with Crippen LogP contribution in [0.3, 0.4) is 0 Å². The zero-order valence-corrected chi connectivity index (χ0v) is 22.9. The molecule has 10 heteroatoms. The Balaban J connectivity index is 1.48. The second-order valence-electron chi connectivity index (χ2n) is 8.35. The van der Waals surface area contributed by atoms with Gasteiger partial charge in [-0.3, -0.25) is 9.36 Å². The van der Waals surface area contributed by atoms with Gasteiger partial charge in [0, 0.05) is 15.1 Å². The number of aryl methyl sites for hydroxylation is 2. The van der Waals surface area contributed by atoms with E-state index in [-0.39, 0.29) is 0 Å². The van der Waals surface area contributed by atoms with E-state index in [4.69, 9.17) is 47.0 Å². The number of nitrogens with one attached hydrogen (secondary N) is 2. The van der Waals surface area contributed by atoms with Crippen molar-refractivity contribution in [2.45, 2.75) is 40.8 Å². The fourth-order valence-electron chi connectivity index (χ4n) is 3.94. The van der Waals surface area contributed by atoms with Gasteiger partial charge >= 0.3 is 0 Å². The fraction of sp³-hybridized carbons (Fsp3) is 0.240. The minimum atomic E-state index is 0.466. The number of halogens is 3. The molecule has 182 valence electrons. The van der Waals surface area contributed by atoms with E-state index >= 15 is 0 Å². The number of thiocarbonyl (C=S) groups is 1. The molecule has 6 nitrogen and oxygen atoms in total. The summed E-state index contributed by atoms with van der Waals surface area (Å²) >= 11 is 24.2. The summed E-state index contributed by atoms with van der Waals surface area (Å²) in [5.41, 5.74) is 7.37. The molecule has 2 heterocycles. The summed E-state index contributed by atoms with van der Waals surface area (Å²) in [5.74, 6) is 0. The van der Waals surface area contributed by atoms with Crippen LogP contribution in [0.1, 0.15) is 33.9 Å². The summed E-state index contributed by atoms with van der Waals surface area (Å²) in [7, 11) is 0. The number of benzene rings is 2. The Hall–Kier alpha value is -2.58. The first-order valence-electron chi connectivity index (χ1n) is 11.0. The van der Waals surface area contributed by atoms with Gasteiger partial charge in [0.1, 0.15) is 0 Å². The average molecular weight is 548 g/mol. The van der Waals surface area contributed by atoms with Gasteiger partial charge in [-0.1, -0.05) is 53.0 Å². The minimum absolute atomic E-state index is 0.466. The summed E-state index contributed by atoms with van der Waals surface area (Å²) in [4.78, 5) is 0. The topological polar surface area (TPSA) is 59.7 Å². The Morgan fingerprint density at radius 3 is 1.94 bits per heavy atom. The van der Waals surface area contributed by atoms with E-state index in [9.17, 15) is 0 Å². The van der Waals surface area contributed by atoms with E-state index in [0.29, 0.717) is 33.3 Å². The predicted octanol–water partition coefficient (Wildman–Crippen LogP) is 7.18. The largest absolute Gasteiger partial charge is 0.329 e. The van der Waals surface area contributed by atoms with Gasteiger partial charge in [0.15, 0.2) is 5.11 Å². The molecule has 0 saturated carbocycles. The lowest BCUT2D eigenvalue weighted by Crippen LogP contribution is -2.21. The number of anilines is 2. The fourth-order valence-corrected chi connectivity index (χ4v) is 4.83. The Morgan fingerprint density at radius 2 is 1.37 bits per heavy atom. The molecule has 0 radical (unpaired) electrons. The second-order valence-corrected chi connectivity index (χ2v) is 10.0. The molecule has 0 atom stereocenters. The first-order chi connectivity index (χ1) is 16.6. The lowest BCUT2D eigenvalue weighted by molar-refractivity contribution is 0.659. The molecule has 0 unspecified atom stereocenters. The van der Waals surface area contributed by atoms with Crippen molar-refractivity contribution < 1.29 is 0 Å². The maximum absolute atomic E-state index is 6.36. The summed E-state index contributed by atoms with van der Waals surface area (Å²) in [6, 6.07) is 13.2. The van der Waals surface area contributed by atoms with Crippen LogP contribution in [0.2, 0.25) is 15.1 Å². The van der Waals surface area contributed by atoms with Crippen molar-refractivity contribution in [1.29, 1.82) is 0 Å². The van der Waals surface area contributed by atoms with Crippen molar-refractivity contribution in [3.05, 3.63) is 91.4 Å². The highest BCUT2D eigenvalue weighted by Gasteiger charge is 2.17. The second kappa shape index (κ2) is 10.6. The molecule has 0 spiro atoms. The smallest absolute Gasteiger partial charge is 0.175 e. The van der Waals surface area contributed by atoms with E-state index in [1.165, 1.54) is 0 Å².